The minimum Gasteiger partial charge on any atom is -0.492 e. The highest BCUT2D eigenvalue weighted by atomic mass is 32.2. The molecule has 1 heterocycles. The summed E-state index contributed by atoms with van der Waals surface area (Å²) in [6, 6.07) is 4.04. The van der Waals surface area contributed by atoms with Crippen LogP contribution >= 0.6 is 12.2 Å². The molecule has 2 atom stereocenters. The van der Waals surface area contributed by atoms with Gasteiger partial charge in [0.2, 0.25) is 12.3 Å². The highest BCUT2D eigenvalue weighted by Crippen LogP contribution is 2.43. The van der Waals surface area contributed by atoms with E-state index in [2.05, 4.69) is 20.7 Å². The summed E-state index contributed by atoms with van der Waals surface area (Å²) < 4.78 is 33.6. The van der Waals surface area contributed by atoms with E-state index in [1.807, 2.05) is 13.8 Å². The third kappa shape index (κ3) is 5.16. The number of thiocarbonyl (C=S) groups is 1. The summed E-state index contributed by atoms with van der Waals surface area (Å²) in [5, 5.41) is 7.96. The molecule has 1 aliphatic rings. The first-order valence-electron chi connectivity index (χ1n) is 9.84. The Morgan fingerprint density at radius 1 is 1.35 bits per heavy atom. The number of sulfonamides is 1. The zero-order valence-electron chi connectivity index (χ0n) is 17.9. The van der Waals surface area contributed by atoms with Crippen LogP contribution in [-0.2, 0) is 19.6 Å². The van der Waals surface area contributed by atoms with Crippen LogP contribution in [0.25, 0.3) is 0 Å². The number of benzene rings is 1. The van der Waals surface area contributed by atoms with Crippen LogP contribution in [0.2, 0.25) is 0 Å². The van der Waals surface area contributed by atoms with Crippen molar-refractivity contribution in [2.75, 3.05) is 13.7 Å². The maximum Gasteiger partial charge on any atom is 0.267 e. The molecule has 0 spiro atoms. The largest absolute Gasteiger partial charge is 0.492 e. The lowest BCUT2D eigenvalue weighted by atomic mass is 9.73. The average Bonchev–Trinajstić information content (AvgIpc) is 3.02. The van der Waals surface area contributed by atoms with Gasteiger partial charge in [-0.15, -0.1) is 0 Å². The molecule has 11 heteroatoms. The standard InChI is InChI=1S/C20H28N4O5S2/c1-5-20(13(3)11-22-18(20)26)10-15(23-12-25)14-7-8-16(29-6-2)17(9-14)31(27,28)24-19(30)21-4/h7-9,11-12,15H,5-6,10H2,1-4H3,(H,22,26)(H,23,25)(H2,21,24,30). The van der Waals surface area contributed by atoms with E-state index < -0.39 is 21.5 Å². The molecule has 0 saturated heterocycles. The Kier molecular flexibility index (Phi) is 8.02. The van der Waals surface area contributed by atoms with Gasteiger partial charge in [0, 0.05) is 13.2 Å². The zero-order valence-corrected chi connectivity index (χ0v) is 19.6. The molecule has 170 valence electrons. The Bertz CT molecular complexity index is 993. The third-order valence-electron chi connectivity index (χ3n) is 5.45. The first-order chi connectivity index (χ1) is 14.6. The molecule has 0 radical (unpaired) electrons. The molecule has 9 nitrogen and oxygen atoms in total. The van der Waals surface area contributed by atoms with Crippen LogP contribution < -0.4 is 25.4 Å². The second-order valence-corrected chi connectivity index (χ2v) is 9.16. The lowest BCUT2D eigenvalue weighted by Gasteiger charge is -2.31. The van der Waals surface area contributed by atoms with Crippen LogP contribution in [0.3, 0.4) is 0 Å². The van der Waals surface area contributed by atoms with Crippen LogP contribution in [0.5, 0.6) is 5.75 Å². The second-order valence-electron chi connectivity index (χ2n) is 7.10. The van der Waals surface area contributed by atoms with Crippen molar-refractivity contribution in [1.82, 2.24) is 20.7 Å². The Labute approximate surface area is 188 Å². The molecule has 1 aliphatic heterocycles. The van der Waals surface area contributed by atoms with Gasteiger partial charge >= 0.3 is 0 Å². The number of nitrogens with one attached hydrogen (secondary N) is 4. The lowest BCUT2D eigenvalue weighted by Crippen LogP contribution is -2.38. The fourth-order valence-corrected chi connectivity index (χ4v) is 5.09. The fourth-order valence-electron chi connectivity index (χ4n) is 3.62. The van der Waals surface area contributed by atoms with E-state index in [0.29, 0.717) is 18.4 Å². The van der Waals surface area contributed by atoms with Gasteiger partial charge in [0.05, 0.1) is 18.1 Å². The van der Waals surface area contributed by atoms with Crippen molar-refractivity contribution >= 4 is 39.7 Å². The molecule has 1 aromatic carbocycles. The quantitative estimate of drug-likeness (QED) is 0.303. The second kappa shape index (κ2) is 10.1. The Morgan fingerprint density at radius 2 is 2.06 bits per heavy atom. The van der Waals surface area contributed by atoms with Crippen molar-refractivity contribution in [2.24, 2.45) is 5.41 Å². The number of hydrogen-bond acceptors (Lipinski definition) is 6. The fraction of sp³-hybridized carbons (Fsp3) is 0.450. The molecule has 2 unspecified atom stereocenters. The molecular weight excluding hydrogens is 440 g/mol. The van der Waals surface area contributed by atoms with Gasteiger partial charge < -0.3 is 20.7 Å². The Balaban J connectivity index is 2.53. The highest BCUT2D eigenvalue weighted by Gasteiger charge is 2.43. The van der Waals surface area contributed by atoms with Crippen molar-refractivity contribution in [3.05, 3.63) is 35.5 Å². The van der Waals surface area contributed by atoms with Crippen molar-refractivity contribution < 1.29 is 22.7 Å². The number of hydrogen-bond donors (Lipinski definition) is 4. The van der Waals surface area contributed by atoms with Crippen LogP contribution in [0.15, 0.2) is 34.9 Å². The smallest absolute Gasteiger partial charge is 0.267 e. The lowest BCUT2D eigenvalue weighted by molar-refractivity contribution is -0.128. The minimum atomic E-state index is -4.05. The summed E-state index contributed by atoms with van der Waals surface area (Å²) in [7, 11) is -2.55. The van der Waals surface area contributed by atoms with Crippen LogP contribution in [0, 0.1) is 5.41 Å². The van der Waals surface area contributed by atoms with Crippen molar-refractivity contribution in [3.8, 4) is 5.75 Å². The summed E-state index contributed by atoms with van der Waals surface area (Å²) in [5.74, 6) is 0.00686. The molecule has 0 aliphatic carbocycles. The van der Waals surface area contributed by atoms with E-state index in [9.17, 15) is 18.0 Å². The predicted molar refractivity (Wildman–Crippen MR) is 121 cm³/mol. The van der Waals surface area contributed by atoms with Crippen LogP contribution in [0.1, 0.15) is 45.2 Å². The molecule has 4 N–H and O–H groups in total. The summed E-state index contributed by atoms with van der Waals surface area (Å²) in [6.45, 7) is 5.76. The van der Waals surface area contributed by atoms with E-state index in [0.717, 1.165) is 5.57 Å². The van der Waals surface area contributed by atoms with Gasteiger partial charge in [0.1, 0.15) is 10.6 Å². The molecular formula is C20H28N4O5S2. The SMILES string of the molecule is CCOc1ccc(C(CC2(CC)C(=O)NC=C2C)NC=O)cc1S(=O)(=O)NC(=S)NC. The zero-order chi connectivity index (χ0) is 23.2. The first kappa shape index (κ1) is 24.6. The van der Waals surface area contributed by atoms with Crippen LogP contribution in [-0.4, -0.2) is 39.5 Å². The summed E-state index contributed by atoms with van der Waals surface area (Å²) in [4.78, 5) is 23.8. The predicted octanol–water partition coefficient (Wildman–Crippen LogP) is 1.48. The number of ether oxygens (including phenoxy) is 1. The number of carbonyl (C=O) groups is 2. The number of amides is 2. The molecule has 0 bridgehead atoms. The van der Waals surface area contributed by atoms with E-state index in [-0.39, 0.29) is 34.7 Å². The first-order valence-corrected chi connectivity index (χ1v) is 11.7. The van der Waals surface area contributed by atoms with Crippen molar-refractivity contribution in [1.29, 1.82) is 0 Å². The maximum absolute atomic E-state index is 12.9. The Morgan fingerprint density at radius 3 is 2.58 bits per heavy atom. The van der Waals surface area contributed by atoms with Gasteiger partial charge in [-0.05, 0) is 62.2 Å². The van der Waals surface area contributed by atoms with Gasteiger partial charge in [0.25, 0.3) is 10.0 Å². The molecule has 0 aromatic heterocycles. The van der Waals surface area contributed by atoms with E-state index in [1.54, 1.807) is 19.2 Å². The summed E-state index contributed by atoms with van der Waals surface area (Å²) >= 11 is 4.94. The van der Waals surface area contributed by atoms with Crippen molar-refractivity contribution in [2.45, 2.75) is 44.6 Å². The van der Waals surface area contributed by atoms with Gasteiger partial charge in [-0.2, -0.15) is 0 Å². The molecule has 0 fully saturated rings. The summed E-state index contributed by atoms with van der Waals surface area (Å²) in [5.41, 5.74) is 0.578. The third-order valence-corrected chi connectivity index (χ3v) is 7.25. The van der Waals surface area contributed by atoms with E-state index in [1.165, 1.54) is 19.2 Å². The average molecular weight is 469 g/mol. The Hall–Kier alpha value is -2.66. The highest BCUT2D eigenvalue weighted by molar-refractivity contribution is 7.92. The van der Waals surface area contributed by atoms with Gasteiger partial charge in [-0.1, -0.05) is 13.0 Å². The van der Waals surface area contributed by atoms with Crippen LogP contribution in [0.4, 0.5) is 0 Å². The van der Waals surface area contributed by atoms with Crippen molar-refractivity contribution in [3.63, 3.8) is 0 Å². The molecule has 31 heavy (non-hydrogen) atoms. The number of rotatable bonds is 10. The molecule has 1 aromatic rings. The molecule has 2 rings (SSSR count). The number of carbonyl (C=O) groups excluding carboxylic acids is 2. The maximum atomic E-state index is 12.9. The van der Waals surface area contributed by atoms with E-state index >= 15 is 0 Å². The van der Waals surface area contributed by atoms with Gasteiger partial charge in [-0.3, -0.25) is 14.3 Å². The molecule has 0 saturated carbocycles. The monoisotopic (exact) mass is 468 g/mol. The van der Waals surface area contributed by atoms with E-state index in [4.69, 9.17) is 17.0 Å². The summed E-state index contributed by atoms with van der Waals surface area (Å²) in [6.07, 6.45) is 3.00. The molecule has 2 amide bonds. The normalized spacial score (nSPS) is 19.1. The minimum absolute atomic E-state index is 0.0660. The van der Waals surface area contributed by atoms with Gasteiger partial charge in [-0.25, -0.2) is 8.42 Å². The van der Waals surface area contributed by atoms with Gasteiger partial charge in [0.15, 0.2) is 5.11 Å². The topological polar surface area (TPSA) is 126 Å².